The molecule has 108 valence electrons. The Hall–Kier alpha value is -1.73. The van der Waals surface area contributed by atoms with Gasteiger partial charge in [0.2, 0.25) is 0 Å². The van der Waals surface area contributed by atoms with Crippen LogP contribution in [0.3, 0.4) is 0 Å². The number of hydrogen-bond acceptors (Lipinski definition) is 4. The number of carbonyl (C=O) groups is 1. The number of amides is 1. The lowest BCUT2D eigenvalue weighted by Crippen LogP contribution is -2.57. The van der Waals surface area contributed by atoms with E-state index in [9.17, 15) is 4.79 Å². The average Bonchev–Trinajstić information content (AvgIpc) is 3.04. The zero-order valence-electron chi connectivity index (χ0n) is 11.5. The maximum atomic E-state index is 12.8. The molecule has 4 rings (SSSR count). The van der Waals surface area contributed by atoms with Crippen LogP contribution in [0.1, 0.15) is 21.9 Å². The Morgan fingerprint density at radius 3 is 3.00 bits per heavy atom. The SMILES string of the molecule is Cc1cnc(C23Cn4cc(Br)cc4C(=O)N2CCN3)cn1. The number of carbonyl (C=O) groups excluding carboxylic acids is 1. The molecule has 6 nitrogen and oxygen atoms in total. The number of nitrogens with zero attached hydrogens (tertiary/aromatic N) is 4. The highest BCUT2D eigenvalue weighted by Gasteiger charge is 2.50. The molecule has 7 heteroatoms. The molecule has 0 aromatic carbocycles. The molecule has 1 fully saturated rings. The third kappa shape index (κ3) is 1.77. The van der Waals surface area contributed by atoms with Crippen molar-refractivity contribution in [3.05, 3.63) is 46.2 Å². The lowest BCUT2D eigenvalue weighted by molar-refractivity contribution is 0.0382. The van der Waals surface area contributed by atoms with Crippen LogP contribution in [0.5, 0.6) is 0 Å². The van der Waals surface area contributed by atoms with Crippen molar-refractivity contribution < 1.29 is 4.79 Å². The Labute approximate surface area is 130 Å². The van der Waals surface area contributed by atoms with Crippen LogP contribution < -0.4 is 5.32 Å². The molecule has 21 heavy (non-hydrogen) atoms. The minimum absolute atomic E-state index is 0.0272. The summed E-state index contributed by atoms with van der Waals surface area (Å²) in [4.78, 5) is 23.5. The van der Waals surface area contributed by atoms with E-state index in [0.29, 0.717) is 18.8 Å². The summed E-state index contributed by atoms with van der Waals surface area (Å²) in [5.74, 6) is 0.0272. The lowest BCUT2D eigenvalue weighted by atomic mass is 10.0. The molecule has 2 aromatic heterocycles. The molecule has 1 atom stereocenters. The van der Waals surface area contributed by atoms with Crippen molar-refractivity contribution in [3.8, 4) is 0 Å². The van der Waals surface area contributed by atoms with Crippen molar-refractivity contribution in [2.24, 2.45) is 0 Å². The largest absolute Gasteiger partial charge is 0.338 e. The molecule has 0 aliphatic carbocycles. The van der Waals surface area contributed by atoms with Crippen LogP contribution in [-0.2, 0) is 12.2 Å². The molecule has 2 aliphatic rings. The number of hydrogen-bond donors (Lipinski definition) is 1. The summed E-state index contributed by atoms with van der Waals surface area (Å²) in [6.07, 6.45) is 5.44. The molecule has 2 aliphatic heterocycles. The van der Waals surface area contributed by atoms with Crippen LogP contribution in [0.4, 0.5) is 0 Å². The molecule has 0 saturated carbocycles. The van der Waals surface area contributed by atoms with E-state index < -0.39 is 5.66 Å². The van der Waals surface area contributed by atoms with Crippen LogP contribution in [0, 0.1) is 6.92 Å². The summed E-state index contributed by atoms with van der Waals surface area (Å²) < 4.78 is 2.89. The van der Waals surface area contributed by atoms with Gasteiger partial charge in [-0.2, -0.15) is 0 Å². The van der Waals surface area contributed by atoms with Gasteiger partial charge in [-0.25, -0.2) is 0 Å². The summed E-state index contributed by atoms with van der Waals surface area (Å²) >= 11 is 3.44. The van der Waals surface area contributed by atoms with Crippen molar-refractivity contribution >= 4 is 21.8 Å². The Morgan fingerprint density at radius 1 is 1.38 bits per heavy atom. The molecular formula is C14H14BrN5O. The van der Waals surface area contributed by atoms with Gasteiger partial charge in [0.15, 0.2) is 5.66 Å². The molecule has 2 aromatic rings. The number of rotatable bonds is 1. The first-order valence-electron chi connectivity index (χ1n) is 6.82. The molecule has 0 bridgehead atoms. The first kappa shape index (κ1) is 13.0. The summed E-state index contributed by atoms with van der Waals surface area (Å²) in [6.45, 7) is 3.98. The van der Waals surface area contributed by atoms with Crippen LogP contribution in [0.2, 0.25) is 0 Å². The van der Waals surface area contributed by atoms with Gasteiger partial charge in [-0.3, -0.25) is 20.1 Å². The normalized spacial score (nSPS) is 24.1. The van der Waals surface area contributed by atoms with Gasteiger partial charge in [0.05, 0.1) is 18.4 Å². The average molecular weight is 348 g/mol. The maximum Gasteiger partial charge on any atom is 0.272 e. The fourth-order valence-electron chi connectivity index (χ4n) is 3.16. The minimum Gasteiger partial charge on any atom is -0.338 e. The number of fused-ring (bicyclic) bond motifs is 2. The van der Waals surface area contributed by atoms with Crippen LogP contribution >= 0.6 is 15.9 Å². The molecule has 1 unspecified atom stereocenters. The molecule has 1 saturated heterocycles. The second-order valence-electron chi connectivity index (χ2n) is 5.46. The van der Waals surface area contributed by atoms with E-state index in [0.717, 1.165) is 22.4 Å². The standard InChI is InChI=1S/C14H14BrN5O/c1-9-5-17-12(6-16-9)14-8-19-7-10(15)4-11(19)13(21)20(14)3-2-18-14/h4-7,18H,2-3,8H2,1H3. The predicted molar refractivity (Wildman–Crippen MR) is 79.6 cm³/mol. The van der Waals surface area contributed by atoms with Gasteiger partial charge < -0.3 is 9.47 Å². The first-order valence-corrected chi connectivity index (χ1v) is 7.61. The van der Waals surface area contributed by atoms with Gasteiger partial charge in [0.1, 0.15) is 11.4 Å². The van der Waals surface area contributed by atoms with E-state index in [1.807, 2.05) is 28.7 Å². The molecule has 4 heterocycles. The quantitative estimate of drug-likeness (QED) is 0.843. The van der Waals surface area contributed by atoms with Gasteiger partial charge >= 0.3 is 0 Å². The first-order chi connectivity index (χ1) is 10.1. The summed E-state index contributed by atoms with van der Waals surface area (Å²) in [7, 11) is 0. The molecule has 1 amide bonds. The Balaban J connectivity index is 1.87. The lowest BCUT2D eigenvalue weighted by Gasteiger charge is -2.41. The maximum absolute atomic E-state index is 12.8. The Kier molecular flexibility index (Phi) is 2.71. The highest BCUT2D eigenvalue weighted by molar-refractivity contribution is 9.10. The molecule has 0 radical (unpaired) electrons. The van der Waals surface area contributed by atoms with E-state index in [1.54, 1.807) is 12.4 Å². The molecule has 1 N–H and O–H groups in total. The second kappa shape index (κ2) is 4.38. The zero-order valence-corrected chi connectivity index (χ0v) is 13.1. The van der Waals surface area contributed by atoms with Crippen molar-refractivity contribution in [1.82, 2.24) is 24.8 Å². The van der Waals surface area contributed by atoms with Gasteiger partial charge in [-0.1, -0.05) is 0 Å². The van der Waals surface area contributed by atoms with Crippen LogP contribution in [-0.4, -0.2) is 38.4 Å². The number of nitrogens with one attached hydrogen (secondary N) is 1. The van der Waals surface area contributed by atoms with E-state index in [1.165, 1.54) is 0 Å². The Bertz CT molecular complexity index is 725. The number of aryl methyl sites for hydroxylation is 1. The van der Waals surface area contributed by atoms with Crippen molar-refractivity contribution in [3.63, 3.8) is 0 Å². The van der Waals surface area contributed by atoms with Crippen LogP contribution in [0.25, 0.3) is 0 Å². The third-order valence-electron chi connectivity index (χ3n) is 4.14. The van der Waals surface area contributed by atoms with Crippen molar-refractivity contribution in [1.29, 1.82) is 0 Å². The van der Waals surface area contributed by atoms with E-state index in [2.05, 4.69) is 31.2 Å². The minimum atomic E-state index is -0.594. The second-order valence-corrected chi connectivity index (χ2v) is 6.37. The van der Waals surface area contributed by atoms with Gasteiger partial charge in [-0.05, 0) is 28.9 Å². The fourth-order valence-corrected chi connectivity index (χ4v) is 3.63. The van der Waals surface area contributed by atoms with Gasteiger partial charge in [0.25, 0.3) is 5.91 Å². The van der Waals surface area contributed by atoms with E-state index in [-0.39, 0.29) is 5.91 Å². The summed E-state index contributed by atoms with van der Waals surface area (Å²) in [5.41, 5.74) is 1.77. The fraction of sp³-hybridized carbons (Fsp3) is 0.357. The predicted octanol–water partition coefficient (Wildman–Crippen LogP) is 1.26. The molecular weight excluding hydrogens is 334 g/mol. The highest BCUT2D eigenvalue weighted by Crippen LogP contribution is 2.36. The summed E-state index contributed by atoms with van der Waals surface area (Å²) in [5, 5.41) is 3.45. The molecule has 0 spiro atoms. The summed E-state index contributed by atoms with van der Waals surface area (Å²) in [6, 6.07) is 1.87. The smallest absolute Gasteiger partial charge is 0.272 e. The zero-order chi connectivity index (χ0) is 14.6. The topological polar surface area (TPSA) is 63.1 Å². The van der Waals surface area contributed by atoms with E-state index >= 15 is 0 Å². The monoisotopic (exact) mass is 347 g/mol. The van der Waals surface area contributed by atoms with Crippen molar-refractivity contribution in [2.45, 2.75) is 19.1 Å². The Morgan fingerprint density at radius 2 is 2.24 bits per heavy atom. The number of aromatic nitrogens is 3. The number of halogens is 1. The van der Waals surface area contributed by atoms with Gasteiger partial charge in [0, 0.05) is 30.0 Å². The van der Waals surface area contributed by atoms with Crippen LogP contribution in [0.15, 0.2) is 29.1 Å². The highest BCUT2D eigenvalue weighted by atomic mass is 79.9. The van der Waals surface area contributed by atoms with Crippen molar-refractivity contribution in [2.75, 3.05) is 13.1 Å². The van der Waals surface area contributed by atoms with Gasteiger partial charge in [-0.15, -0.1) is 0 Å². The van der Waals surface area contributed by atoms with E-state index in [4.69, 9.17) is 0 Å². The third-order valence-corrected chi connectivity index (χ3v) is 4.58.